The van der Waals surface area contributed by atoms with E-state index in [1.54, 1.807) is 0 Å². The predicted octanol–water partition coefficient (Wildman–Crippen LogP) is 1.89. The SMILES string of the molecule is CCN(CC)CCn1c(C(F)(F)F)nc2c1CCNC2. The van der Waals surface area contributed by atoms with Crippen LogP contribution in [0.1, 0.15) is 31.1 Å². The van der Waals surface area contributed by atoms with E-state index < -0.39 is 12.0 Å². The quantitative estimate of drug-likeness (QED) is 0.899. The molecule has 0 aromatic carbocycles. The normalized spacial score (nSPS) is 15.7. The second-order valence-corrected chi connectivity index (χ2v) is 4.93. The van der Waals surface area contributed by atoms with Gasteiger partial charge in [0, 0.05) is 38.3 Å². The van der Waals surface area contributed by atoms with Crippen LogP contribution in [0.2, 0.25) is 0 Å². The van der Waals surface area contributed by atoms with Gasteiger partial charge in [0.25, 0.3) is 0 Å². The first-order valence-corrected chi connectivity index (χ1v) is 7.05. The number of halogens is 3. The minimum atomic E-state index is -4.39. The number of rotatable bonds is 5. The predicted molar refractivity (Wildman–Crippen MR) is 70.4 cm³/mol. The molecule has 0 bridgehead atoms. The van der Waals surface area contributed by atoms with E-state index in [4.69, 9.17) is 0 Å². The van der Waals surface area contributed by atoms with E-state index in [-0.39, 0.29) is 0 Å². The Hall–Kier alpha value is -1.08. The molecular weight excluding hydrogens is 269 g/mol. The molecule has 114 valence electrons. The third-order valence-electron chi connectivity index (χ3n) is 3.77. The lowest BCUT2D eigenvalue weighted by molar-refractivity contribution is -0.147. The van der Waals surface area contributed by atoms with E-state index >= 15 is 0 Å². The first-order chi connectivity index (χ1) is 9.47. The highest BCUT2D eigenvalue weighted by atomic mass is 19.4. The monoisotopic (exact) mass is 290 g/mol. The van der Waals surface area contributed by atoms with E-state index in [2.05, 4.69) is 15.2 Å². The van der Waals surface area contributed by atoms with Gasteiger partial charge in [-0.15, -0.1) is 0 Å². The van der Waals surface area contributed by atoms with Crippen LogP contribution in [0.4, 0.5) is 13.2 Å². The van der Waals surface area contributed by atoms with E-state index in [1.165, 1.54) is 4.57 Å². The van der Waals surface area contributed by atoms with Crippen molar-refractivity contribution in [1.29, 1.82) is 0 Å². The summed E-state index contributed by atoms with van der Waals surface area (Å²) in [7, 11) is 0. The fourth-order valence-electron chi connectivity index (χ4n) is 2.61. The summed E-state index contributed by atoms with van der Waals surface area (Å²) in [6.45, 7) is 7.82. The Kier molecular flexibility index (Phi) is 4.70. The minimum Gasteiger partial charge on any atom is -0.323 e. The van der Waals surface area contributed by atoms with E-state index in [0.29, 0.717) is 38.3 Å². The van der Waals surface area contributed by atoms with Gasteiger partial charge in [0.05, 0.1) is 5.69 Å². The molecule has 0 spiro atoms. The Morgan fingerprint density at radius 1 is 1.30 bits per heavy atom. The van der Waals surface area contributed by atoms with Gasteiger partial charge in [-0.2, -0.15) is 13.2 Å². The molecule has 20 heavy (non-hydrogen) atoms. The van der Waals surface area contributed by atoms with E-state index in [9.17, 15) is 13.2 Å². The molecule has 0 fully saturated rings. The Morgan fingerprint density at radius 3 is 2.60 bits per heavy atom. The summed E-state index contributed by atoms with van der Waals surface area (Å²) in [4.78, 5) is 5.93. The summed E-state index contributed by atoms with van der Waals surface area (Å²) in [6.07, 6.45) is -3.78. The van der Waals surface area contributed by atoms with Crippen LogP contribution in [0.5, 0.6) is 0 Å². The number of nitrogens with one attached hydrogen (secondary N) is 1. The number of alkyl halides is 3. The van der Waals surface area contributed by atoms with Gasteiger partial charge < -0.3 is 14.8 Å². The molecule has 0 saturated heterocycles. The van der Waals surface area contributed by atoms with Crippen molar-refractivity contribution in [2.24, 2.45) is 0 Å². The lowest BCUT2D eigenvalue weighted by Gasteiger charge is -2.21. The van der Waals surface area contributed by atoms with Crippen molar-refractivity contribution in [3.05, 3.63) is 17.2 Å². The van der Waals surface area contributed by atoms with Crippen molar-refractivity contribution in [3.8, 4) is 0 Å². The second kappa shape index (κ2) is 6.13. The maximum atomic E-state index is 13.1. The molecule has 7 heteroatoms. The number of hydrogen-bond donors (Lipinski definition) is 1. The minimum absolute atomic E-state index is 0.346. The zero-order valence-corrected chi connectivity index (χ0v) is 11.9. The van der Waals surface area contributed by atoms with Crippen molar-refractivity contribution >= 4 is 0 Å². The highest BCUT2D eigenvalue weighted by Gasteiger charge is 2.39. The maximum absolute atomic E-state index is 13.1. The van der Waals surface area contributed by atoms with E-state index in [0.717, 1.165) is 18.8 Å². The zero-order chi connectivity index (χ0) is 14.8. The first-order valence-electron chi connectivity index (χ1n) is 7.05. The Balaban J connectivity index is 2.26. The molecule has 2 rings (SSSR count). The van der Waals surface area contributed by atoms with Crippen LogP contribution in [-0.4, -0.2) is 40.6 Å². The number of nitrogens with zero attached hydrogens (tertiary/aromatic N) is 3. The molecule has 1 aliphatic heterocycles. The lowest BCUT2D eigenvalue weighted by Crippen LogP contribution is -2.30. The highest BCUT2D eigenvalue weighted by molar-refractivity contribution is 5.21. The van der Waals surface area contributed by atoms with Gasteiger partial charge in [0.1, 0.15) is 0 Å². The number of fused-ring (bicyclic) bond motifs is 1. The molecule has 1 aliphatic rings. The van der Waals surface area contributed by atoms with Crippen LogP contribution < -0.4 is 5.32 Å². The number of imidazole rings is 1. The summed E-state index contributed by atoms with van der Waals surface area (Å²) in [5.41, 5.74) is 1.28. The van der Waals surface area contributed by atoms with Gasteiger partial charge in [-0.1, -0.05) is 13.8 Å². The third kappa shape index (κ3) is 3.15. The van der Waals surface area contributed by atoms with Crippen LogP contribution >= 0.6 is 0 Å². The van der Waals surface area contributed by atoms with Gasteiger partial charge >= 0.3 is 6.18 Å². The van der Waals surface area contributed by atoms with Crippen LogP contribution in [0, 0.1) is 0 Å². The summed E-state index contributed by atoms with van der Waals surface area (Å²) in [5, 5.41) is 3.07. The van der Waals surface area contributed by atoms with Crippen molar-refractivity contribution in [2.75, 3.05) is 26.2 Å². The molecule has 0 unspecified atom stereocenters. The number of aromatic nitrogens is 2. The topological polar surface area (TPSA) is 33.1 Å². The zero-order valence-electron chi connectivity index (χ0n) is 11.9. The number of hydrogen-bond acceptors (Lipinski definition) is 3. The standard InChI is InChI=1S/C13H21F3N4/c1-3-19(4-2)7-8-20-11-5-6-17-9-10(11)18-12(20)13(14,15)16/h17H,3-9H2,1-2H3. The first kappa shape index (κ1) is 15.3. The van der Waals surface area contributed by atoms with Crippen LogP contribution in [0.15, 0.2) is 0 Å². The summed E-state index contributed by atoms with van der Waals surface area (Å²) in [6, 6.07) is 0. The fraction of sp³-hybridized carbons (Fsp3) is 0.769. The second-order valence-electron chi connectivity index (χ2n) is 4.93. The van der Waals surface area contributed by atoms with E-state index in [1.807, 2.05) is 13.8 Å². The largest absolute Gasteiger partial charge is 0.449 e. The molecule has 0 atom stereocenters. The molecule has 2 heterocycles. The molecule has 0 saturated carbocycles. The lowest BCUT2D eigenvalue weighted by atomic mass is 10.2. The summed E-state index contributed by atoms with van der Waals surface area (Å²) in [5.74, 6) is -0.752. The van der Waals surface area contributed by atoms with Crippen molar-refractivity contribution in [2.45, 2.75) is 39.5 Å². The molecule has 1 N–H and O–H groups in total. The Morgan fingerprint density at radius 2 is 2.00 bits per heavy atom. The van der Waals surface area contributed by atoms with Gasteiger partial charge in [-0.3, -0.25) is 0 Å². The van der Waals surface area contributed by atoms with Gasteiger partial charge in [-0.25, -0.2) is 4.98 Å². The fourth-order valence-corrected chi connectivity index (χ4v) is 2.61. The van der Waals surface area contributed by atoms with Gasteiger partial charge in [-0.05, 0) is 13.1 Å². The smallest absolute Gasteiger partial charge is 0.323 e. The molecule has 4 nitrogen and oxygen atoms in total. The van der Waals surface area contributed by atoms with Crippen LogP contribution in [0.3, 0.4) is 0 Å². The average Bonchev–Trinajstić information content (AvgIpc) is 2.79. The van der Waals surface area contributed by atoms with Crippen molar-refractivity contribution in [3.63, 3.8) is 0 Å². The molecule has 0 amide bonds. The highest BCUT2D eigenvalue weighted by Crippen LogP contribution is 2.31. The molecular formula is C13H21F3N4. The Labute approximate surface area is 117 Å². The van der Waals surface area contributed by atoms with Crippen molar-refractivity contribution in [1.82, 2.24) is 19.8 Å². The molecule has 1 aromatic rings. The Bertz CT molecular complexity index is 449. The summed E-state index contributed by atoms with van der Waals surface area (Å²) < 4.78 is 40.7. The van der Waals surface area contributed by atoms with Crippen LogP contribution in [0.25, 0.3) is 0 Å². The molecule has 1 aromatic heterocycles. The van der Waals surface area contributed by atoms with Crippen LogP contribution in [-0.2, 0) is 25.7 Å². The number of likely N-dealkylation sites (N-methyl/N-ethyl adjacent to an activating group) is 1. The van der Waals surface area contributed by atoms with Gasteiger partial charge in [0.15, 0.2) is 0 Å². The summed E-state index contributed by atoms with van der Waals surface area (Å²) >= 11 is 0. The van der Waals surface area contributed by atoms with Gasteiger partial charge in [0.2, 0.25) is 5.82 Å². The molecule has 0 aliphatic carbocycles. The average molecular weight is 290 g/mol. The maximum Gasteiger partial charge on any atom is 0.449 e. The third-order valence-corrected chi connectivity index (χ3v) is 3.77. The van der Waals surface area contributed by atoms with Crippen molar-refractivity contribution < 1.29 is 13.2 Å². The molecule has 0 radical (unpaired) electrons.